The van der Waals surface area contributed by atoms with Crippen LogP contribution in [0.15, 0.2) is 15.2 Å². The van der Waals surface area contributed by atoms with Crippen molar-refractivity contribution in [3.8, 4) is 0 Å². The number of rotatable bonds is 9. The van der Waals surface area contributed by atoms with Crippen LogP contribution < -0.4 is 0 Å². The van der Waals surface area contributed by atoms with Crippen molar-refractivity contribution in [2.45, 2.75) is 64.9 Å². The van der Waals surface area contributed by atoms with Crippen LogP contribution >= 0.6 is 27.3 Å². The van der Waals surface area contributed by atoms with Crippen molar-refractivity contribution < 1.29 is 9.53 Å². The molecule has 1 aromatic heterocycles. The summed E-state index contributed by atoms with van der Waals surface area (Å²) in [6.07, 6.45) is 7.86. The van der Waals surface area contributed by atoms with Gasteiger partial charge in [-0.3, -0.25) is 0 Å². The normalized spacial score (nSPS) is 12.4. The lowest BCUT2D eigenvalue weighted by Crippen LogP contribution is -2.18. The number of carbonyl (C=O) groups excluding carboxylic acids is 1. The van der Waals surface area contributed by atoms with E-state index >= 15 is 0 Å². The van der Waals surface area contributed by atoms with Gasteiger partial charge in [-0.15, -0.1) is 11.3 Å². The molecule has 0 fully saturated rings. The molecule has 1 aromatic rings. The maximum Gasteiger partial charge on any atom is 0.340 e. The van der Waals surface area contributed by atoms with Crippen LogP contribution in [0.3, 0.4) is 0 Å². The van der Waals surface area contributed by atoms with Crippen molar-refractivity contribution in [1.29, 1.82) is 0 Å². The highest BCUT2D eigenvalue weighted by atomic mass is 79.9. The Morgan fingerprint density at radius 3 is 2.53 bits per heavy atom. The molecule has 0 amide bonds. The molecular weight excluding hydrogens is 324 g/mol. The third kappa shape index (κ3) is 6.09. The van der Waals surface area contributed by atoms with E-state index in [0.29, 0.717) is 5.56 Å². The van der Waals surface area contributed by atoms with E-state index in [1.165, 1.54) is 24.2 Å². The summed E-state index contributed by atoms with van der Waals surface area (Å²) in [5.74, 6) is -0.189. The number of halogens is 1. The Hall–Kier alpha value is -0.350. The van der Waals surface area contributed by atoms with Gasteiger partial charge in [0.1, 0.15) is 6.10 Å². The topological polar surface area (TPSA) is 26.3 Å². The van der Waals surface area contributed by atoms with Crippen molar-refractivity contribution in [1.82, 2.24) is 0 Å². The molecule has 0 aromatic carbocycles. The smallest absolute Gasteiger partial charge is 0.340 e. The van der Waals surface area contributed by atoms with E-state index in [4.69, 9.17) is 4.74 Å². The Labute approximate surface area is 128 Å². The first-order valence-electron chi connectivity index (χ1n) is 7.13. The van der Waals surface area contributed by atoms with Gasteiger partial charge in [-0.25, -0.2) is 4.79 Å². The molecule has 19 heavy (non-hydrogen) atoms. The lowest BCUT2D eigenvalue weighted by atomic mass is 10.1. The Bertz CT molecular complexity index is 376. The van der Waals surface area contributed by atoms with Gasteiger partial charge < -0.3 is 4.74 Å². The molecule has 2 nitrogen and oxygen atoms in total. The minimum Gasteiger partial charge on any atom is -0.459 e. The van der Waals surface area contributed by atoms with Gasteiger partial charge in [-0.2, -0.15) is 0 Å². The minimum absolute atomic E-state index is 0.0748. The number of ether oxygens (including phenoxy) is 1. The summed E-state index contributed by atoms with van der Waals surface area (Å²) in [7, 11) is 0. The maximum atomic E-state index is 12.1. The largest absolute Gasteiger partial charge is 0.459 e. The first-order chi connectivity index (χ1) is 9.19. The molecule has 108 valence electrons. The lowest BCUT2D eigenvalue weighted by molar-refractivity contribution is 0.0250. The quantitative estimate of drug-likeness (QED) is 0.416. The molecule has 0 spiro atoms. The van der Waals surface area contributed by atoms with Gasteiger partial charge >= 0.3 is 5.97 Å². The maximum absolute atomic E-state index is 12.1. The number of esters is 1. The Balaban J connectivity index is 2.50. The predicted molar refractivity (Wildman–Crippen MR) is 84.9 cm³/mol. The van der Waals surface area contributed by atoms with Crippen LogP contribution in [0.25, 0.3) is 0 Å². The van der Waals surface area contributed by atoms with E-state index in [2.05, 4.69) is 29.8 Å². The molecule has 0 aliphatic rings. The Kier molecular flexibility index (Phi) is 8.38. The molecule has 1 heterocycles. The van der Waals surface area contributed by atoms with Crippen LogP contribution in [0.2, 0.25) is 0 Å². The van der Waals surface area contributed by atoms with Gasteiger partial charge in [0.05, 0.1) is 9.35 Å². The van der Waals surface area contributed by atoms with Gasteiger partial charge in [-0.1, -0.05) is 39.5 Å². The zero-order valence-electron chi connectivity index (χ0n) is 11.8. The summed E-state index contributed by atoms with van der Waals surface area (Å²) in [6, 6.07) is 1.82. The molecule has 1 atom stereocenters. The average molecular weight is 347 g/mol. The lowest BCUT2D eigenvalue weighted by Gasteiger charge is -2.17. The van der Waals surface area contributed by atoms with Crippen LogP contribution in [0.5, 0.6) is 0 Å². The van der Waals surface area contributed by atoms with Crippen LogP contribution in [-0.2, 0) is 4.74 Å². The molecule has 0 bridgehead atoms. The molecule has 0 aliphatic carbocycles. The van der Waals surface area contributed by atoms with Crippen LogP contribution in [0.1, 0.15) is 69.2 Å². The Morgan fingerprint density at radius 1 is 1.26 bits per heavy atom. The summed E-state index contributed by atoms with van der Waals surface area (Å²) >= 11 is 4.91. The zero-order valence-corrected chi connectivity index (χ0v) is 14.2. The van der Waals surface area contributed by atoms with Crippen LogP contribution in [0, 0.1) is 0 Å². The van der Waals surface area contributed by atoms with E-state index in [0.717, 1.165) is 35.9 Å². The first kappa shape index (κ1) is 16.7. The van der Waals surface area contributed by atoms with E-state index in [1.54, 1.807) is 0 Å². The predicted octanol–water partition coefficient (Wildman–Crippen LogP) is 5.81. The second kappa shape index (κ2) is 9.54. The summed E-state index contributed by atoms with van der Waals surface area (Å²) in [5, 5.41) is 1.90. The fraction of sp³-hybridized carbons (Fsp3) is 0.667. The van der Waals surface area contributed by atoms with Crippen molar-refractivity contribution in [3.05, 3.63) is 20.8 Å². The molecule has 0 saturated heterocycles. The standard InChI is InChI=1S/C15H23BrO2S/c1-3-5-7-9-12(8-6-4-2)18-15(17)13-10-11-19-14(13)16/h10-12H,3-9H2,1-2H3. The fourth-order valence-electron chi connectivity index (χ4n) is 1.97. The second-order valence-corrected chi connectivity index (χ2v) is 7.01. The van der Waals surface area contributed by atoms with Gasteiger partial charge in [-0.05, 0) is 46.6 Å². The van der Waals surface area contributed by atoms with Crippen molar-refractivity contribution in [2.75, 3.05) is 0 Å². The molecular formula is C15H23BrO2S. The van der Waals surface area contributed by atoms with E-state index in [-0.39, 0.29) is 12.1 Å². The van der Waals surface area contributed by atoms with Crippen LogP contribution in [0.4, 0.5) is 0 Å². The molecule has 4 heteroatoms. The minimum atomic E-state index is -0.189. The molecule has 0 saturated carbocycles. The fourth-order valence-corrected chi connectivity index (χ4v) is 3.19. The number of unbranched alkanes of at least 4 members (excludes halogenated alkanes) is 3. The summed E-state index contributed by atoms with van der Waals surface area (Å²) in [5.41, 5.74) is 0.655. The number of thiophene rings is 1. The summed E-state index contributed by atoms with van der Waals surface area (Å²) in [6.45, 7) is 4.36. The Morgan fingerprint density at radius 2 is 1.95 bits per heavy atom. The molecule has 0 aliphatic heterocycles. The third-order valence-corrected chi connectivity index (χ3v) is 4.81. The van der Waals surface area contributed by atoms with Gasteiger partial charge in [0, 0.05) is 0 Å². The highest BCUT2D eigenvalue weighted by Crippen LogP contribution is 2.25. The molecule has 0 radical (unpaired) electrons. The van der Waals surface area contributed by atoms with Crippen molar-refractivity contribution in [3.63, 3.8) is 0 Å². The monoisotopic (exact) mass is 346 g/mol. The average Bonchev–Trinajstić information content (AvgIpc) is 2.82. The van der Waals surface area contributed by atoms with Gasteiger partial charge in [0.15, 0.2) is 0 Å². The van der Waals surface area contributed by atoms with Crippen molar-refractivity contribution in [2.24, 2.45) is 0 Å². The van der Waals surface area contributed by atoms with Gasteiger partial charge in [0.2, 0.25) is 0 Å². The number of hydrogen-bond acceptors (Lipinski definition) is 3. The third-order valence-electron chi connectivity index (χ3n) is 3.12. The molecule has 0 N–H and O–H groups in total. The molecule has 1 unspecified atom stereocenters. The zero-order chi connectivity index (χ0) is 14.1. The van der Waals surface area contributed by atoms with E-state index < -0.39 is 0 Å². The van der Waals surface area contributed by atoms with Crippen LogP contribution in [-0.4, -0.2) is 12.1 Å². The summed E-state index contributed by atoms with van der Waals surface area (Å²) in [4.78, 5) is 12.1. The highest BCUT2D eigenvalue weighted by Gasteiger charge is 2.18. The van der Waals surface area contributed by atoms with Crippen molar-refractivity contribution >= 4 is 33.2 Å². The number of carbonyl (C=O) groups is 1. The highest BCUT2D eigenvalue weighted by molar-refractivity contribution is 9.11. The van der Waals surface area contributed by atoms with E-state index in [1.807, 2.05) is 11.4 Å². The van der Waals surface area contributed by atoms with E-state index in [9.17, 15) is 4.79 Å². The van der Waals surface area contributed by atoms with Gasteiger partial charge in [0.25, 0.3) is 0 Å². The second-order valence-electron chi connectivity index (χ2n) is 4.77. The SMILES string of the molecule is CCCCCC(CCCC)OC(=O)c1ccsc1Br. The summed E-state index contributed by atoms with van der Waals surface area (Å²) < 4.78 is 6.52. The number of hydrogen-bond donors (Lipinski definition) is 0. The first-order valence-corrected chi connectivity index (χ1v) is 8.80. The molecule has 1 rings (SSSR count).